The summed E-state index contributed by atoms with van der Waals surface area (Å²) in [5.41, 5.74) is 0. The second kappa shape index (κ2) is 5.06. The molecule has 3 heteroatoms. The quantitative estimate of drug-likeness (QED) is 0.623. The van der Waals surface area contributed by atoms with Crippen molar-refractivity contribution in [2.24, 2.45) is 0 Å². The second-order valence-corrected chi connectivity index (χ2v) is 2.88. The van der Waals surface area contributed by atoms with E-state index in [2.05, 4.69) is 11.9 Å². The molecule has 0 aromatic carbocycles. The summed E-state index contributed by atoms with van der Waals surface area (Å²) in [6, 6.07) is -0.0845. The molecule has 1 fully saturated rings. The lowest BCUT2D eigenvalue weighted by Gasteiger charge is -2.22. The smallest absolute Gasteiger partial charge is 0.152 e. The summed E-state index contributed by atoms with van der Waals surface area (Å²) in [7, 11) is 0. The largest absolute Gasteiger partial charge is 0.378 e. The summed E-state index contributed by atoms with van der Waals surface area (Å²) < 4.78 is 5.17. The zero-order chi connectivity index (χ0) is 8.81. The average Bonchev–Trinajstić information content (AvgIpc) is 2.15. The van der Waals surface area contributed by atoms with Crippen LogP contribution in [0.1, 0.15) is 12.8 Å². The minimum Gasteiger partial charge on any atom is -0.378 e. The lowest BCUT2D eigenvalue weighted by molar-refractivity contribution is -0.123. The fourth-order valence-corrected chi connectivity index (χ4v) is 1.19. The first-order chi connectivity index (χ1) is 5.84. The van der Waals surface area contributed by atoms with E-state index in [0.29, 0.717) is 19.6 Å². The maximum atomic E-state index is 11.4. The molecule has 0 bridgehead atoms. The number of hydrogen-bond acceptors (Lipinski definition) is 3. The minimum absolute atomic E-state index is 0.0845. The van der Waals surface area contributed by atoms with E-state index in [0.717, 1.165) is 13.0 Å². The van der Waals surface area contributed by atoms with Crippen LogP contribution in [0.25, 0.3) is 0 Å². The highest BCUT2D eigenvalue weighted by atomic mass is 16.5. The molecule has 0 radical (unpaired) electrons. The Morgan fingerprint density at radius 2 is 2.58 bits per heavy atom. The lowest BCUT2D eigenvalue weighted by atomic mass is 10.1. The molecule has 1 unspecified atom stereocenters. The van der Waals surface area contributed by atoms with Gasteiger partial charge in [0.2, 0.25) is 0 Å². The van der Waals surface area contributed by atoms with Crippen LogP contribution in [0.2, 0.25) is 0 Å². The number of rotatable bonds is 4. The van der Waals surface area contributed by atoms with Crippen molar-refractivity contribution >= 4 is 5.78 Å². The van der Waals surface area contributed by atoms with Crippen LogP contribution in [0.5, 0.6) is 0 Å². The highest BCUT2D eigenvalue weighted by Crippen LogP contribution is 2.00. The third-order valence-corrected chi connectivity index (χ3v) is 1.91. The molecular formula is C9H15NO2. The highest BCUT2D eigenvalue weighted by Gasteiger charge is 2.19. The van der Waals surface area contributed by atoms with Crippen LogP contribution in [0.15, 0.2) is 12.7 Å². The highest BCUT2D eigenvalue weighted by molar-refractivity contribution is 5.84. The van der Waals surface area contributed by atoms with Crippen LogP contribution in [0.3, 0.4) is 0 Å². The van der Waals surface area contributed by atoms with E-state index >= 15 is 0 Å². The predicted molar refractivity (Wildman–Crippen MR) is 47.0 cm³/mol. The molecule has 68 valence electrons. The Balaban J connectivity index is 2.24. The van der Waals surface area contributed by atoms with Crippen LogP contribution < -0.4 is 5.32 Å². The maximum absolute atomic E-state index is 11.4. The van der Waals surface area contributed by atoms with Crippen molar-refractivity contribution in [2.45, 2.75) is 18.9 Å². The fourth-order valence-electron chi connectivity index (χ4n) is 1.19. The Labute approximate surface area is 72.8 Å². The molecule has 0 amide bonds. The number of morpholine rings is 1. The van der Waals surface area contributed by atoms with Gasteiger partial charge in [-0.15, -0.1) is 6.58 Å². The molecule has 0 aliphatic carbocycles. The summed E-state index contributed by atoms with van der Waals surface area (Å²) in [5.74, 6) is 0.231. The van der Waals surface area contributed by atoms with Gasteiger partial charge in [0.25, 0.3) is 0 Å². The molecule has 0 aromatic rings. The molecule has 1 heterocycles. The van der Waals surface area contributed by atoms with Crippen molar-refractivity contribution < 1.29 is 9.53 Å². The van der Waals surface area contributed by atoms with Gasteiger partial charge in [-0.2, -0.15) is 0 Å². The number of hydrogen-bond donors (Lipinski definition) is 1. The molecule has 1 aliphatic rings. The van der Waals surface area contributed by atoms with Gasteiger partial charge in [-0.05, 0) is 6.42 Å². The normalized spacial score (nSPS) is 23.5. The van der Waals surface area contributed by atoms with Crippen molar-refractivity contribution in [1.29, 1.82) is 0 Å². The molecule has 0 aromatic heterocycles. The van der Waals surface area contributed by atoms with Gasteiger partial charge in [-0.3, -0.25) is 4.79 Å². The second-order valence-electron chi connectivity index (χ2n) is 2.88. The molecule has 1 N–H and O–H groups in total. The first-order valence-corrected chi connectivity index (χ1v) is 4.29. The summed E-state index contributed by atoms with van der Waals surface area (Å²) >= 11 is 0. The van der Waals surface area contributed by atoms with Crippen molar-refractivity contribution in [3.8, 4) is 0 Å². The topological polar surface area (TPSA) is 38.3 Å². The van der Waals surface area contributed by atoms with E-state index in [1.165, 1.54) is 0 Å². The van der Waals surface area contributed by atoms with Crippen molar-refractivity contribution in [3.05, 3.63) is 12.7 Å². The van der Waals surface area contributed by atoms with Crippen molar-refractivity contribution in [3.63, 3.8) is 0 Å². The van der Waals surface area contributed by atoms with E-state index < -0.39 is 0 Å². The third kappa shape index (κ3) is 2.75. The van der Waals surface area contributed by atoms with Crippen LogP contribution in [0.4, 0.5) is 0 Å². The standard InChI is InChI=1S/C9H15NO2/c1-2-3-4-9(11)8-7-12-6-5-10-8/h2,8,10H,1,3-7H2. The fraction of sp³-hybridized carbons (Fsp3) is 0.667. The summed E-state index contributed by atoms with van der Waals surface area (Å²) in [5, 5.41) is 3.12. The van der Waals surface area contributed by atoms with E-state index in [-0.39, 0.29) is 11.8 Å². The molecule has 12 heavy (non-hydrogen) atoms. The number of nitrogens with one attached hydrogen (secondary N) is 1. The number of carbonyl (C=O) groups is 1. The monoisotopic (exact) mass is 169 g/mol. The zero-order valence-corrected chi connectivity index (χ0v) is 7.21. The molecule has 3 nitrogen and oxygen atoms in total. The molecule has 1 aliphatic heterocycles. The Hall–Kier alpha value is -0.670. The van der Waals surface area contributed by atoms with Gasteiger partial charge >= 0.3 is 0 Å². The van der Waals surface area contributed by atoms with Gasteiger partial charge in [0, 0.05) is 13.0 Å². The van der Waals surface area contributed by atoms with E-state index in [9.17, 15) is 4.79 Å². The Bertz CT molecular complexity index is 162. The van der Waals surface area contributed by atoms with Crippen LogP contribution in [0, 0.1) is 0 Å². The zero-order valence-electron chi connectivity index (χ0n) is 7.21. The van der Waals surface area contributed by atoms with Gasteiger partial charge in [-0.1, -0.05) is 6.08 Å². The molecular weight excluding hydrogens is 154 g/mol. The third-order valence-electron chi connectivity index (χ3n) is 1.91. The number of Topliss-reactive ketones (excluding diaryl/α,β-unsaturated/α-hetero) is 1. The Morgan fingerprint density at radius 1 is 1.75 bits per heavy atom. The summed E-state index contributed by atoms with van der Waals surface area (Å²) in [6.45, 7) is 5.59. The number of allylic oxidation sites excluding steroid dienone is 1. The Morgan fingerprint density at radius 3 is 3.17 bits per heavy atom. The molecule has 1 atom stereocenters. The van der Waals surface area contributed by atoms with Crippen LogP contribution in [-0.4, -0.2) is 31.6 Å². The van der Waals surface area contributed by atoms with E-state index in [1.54, 1.807) is 6.08 Å². The molecule has 0 saturated carbocycles. The molecule has 1 saturated heterocycles. The van der Waals surface area contributed by atoms with Crippen molar-refractivity contribution in [1.82, 2.24) is 5.32 Å². The maximum Gasteiger partial charge on any atom is 0.152 e. The first kappa shape index (κ1) is 9.42. The number of carbonyl (C=O) groups excluding carboxylic acids is 1. The van der Waals surface area contributed by atoms with E-state index in [1.807, 2.05) is 0 Å². The number of ether oxygens (including phenoxy) is 1. The van der Waals surface area contributed by atoms with Crippen molar-refractivity contribution in [2.75, 3.05) is 19.8 Å². The van der Waals surface area contributed by atoms with Crippen LogP contribution >= 0.6 is 0 Å². The molecule has 0 spiro atoms. The van der Waals surface area contributed by atoms with Gasteiger partial charge in [0.15, 0.2) is 5.78 Å². The van der Waals surface area contributed by atoms with Crippen LogP contribution in [-0.2, 0) is 9.53 Å². The lowest BCUT2D eigenvalue weighted by Crippen LogP contribution is -2.46. The summed E-state index contributed by atoms with van der Waals surface area (Å²) in [6.07, 6.45) is 3.10. The predicted octanol–water partition coefficient (Wildman–Crippen LogP) is 0.510. The average molecular weight is 169 g/mol. The van der Waals surface area contributed by atoms with E-state index in [4.69, 9.17) is 4.74 Å². The van der Waals surface area contributed by atoms with Gasteiger partial charge in [0.05, 0.1) is 19.3 Å². The summed E-state index contributed by atoms with van der Waals surface area (Å²) in [4.78, 5) is 11.4. The molecule has 1 rings (SSSR count). The van der Waals surface area contributed by atoms with Gasteiger partial charge in [0.1, 0.15) is 0 Å². The van der Waals surface area contributed by atoms with Gasteiger partial charge < -0.3 is 10.1 Å². The number of ketones is 1. The Kier molecular flexibility index (Phi) is 3.97. The minimum atomic E-state index is -0.0845. The first-order valence-electron chi connectivity index (χ1n) is 4.29. The van der Waals surface area contributed by atoms with Gasteiger partial charge in [-0.25, -0.2) is 0 Å². The SMILES string of the molecule is C=CCCC(=O)C1COCCN1.